The first-order chi connectivity index (χ1) is 15.3. The molecule has 0 saturated heterocycles. The van der Waals surface area contributed by atoms with Crippen molar-refractivity contribution < 1.29 is 0 Å². The predicted molar refractivity (Wildman–Crippen MR) is 134 cm³/mol. The van der Waals surface area contributed by atoms with Crippen molar-refractivity contribution in [3.63, 3.8) is 0 Å². The summed E-state index contributed by atoms with van der Waals surface area (Å²) in [5, 5.41) is 4.04. The van der Waals surface area contributed by atoms with Gasteiger partial charge in [-0.3, -0.25) is 4.98 Å². The second-order valence-corrected chi connectivity index (χ2v) is 8.84. The SMILES string of the molecule is Clc1ccc(C(c2ccc3nccc(/C=C/c4ccccc4)c3c2)c2cccs2)cc1. The van der Waals surface area contributed by atoms with E-state index in [-0.39, 0.29) is 5.92 Å². The van der Waals surface area contributed by atoms with E-state index in [2.05, 4.69) is 95.3 Å². The Balaban J connectivity index is 1.62. The molecule has 0 aliphatic carbocycles. The summed E-state index contributed by atoms with van der Waals surface area (Å²) < 4.78 is 0. The molecule has 31 heavy (non-hydrogen) atoms. The molecular formula is C28H20ClNS. The third-order valence-electron chi connectivity index (χ3n) is 5.42. The fourth-order valence-corrected chi connectivity index (χ4v) is 4.90. The highest BCUT2D eigenvalue weighted by molar-refractivity contribution is 7.10. The summed E-state index contributed by atoms with van der Waals surface area (Å²) in [5.74, 6) is 0.160. The normalized spacial score (nSPS) is 12.4. The highest BCUT2D eigenvalue weighted by Gasteiger charge is 2.18. The van der Waals surface area contributed by atoms with E-state index in [9.17, 15) is 0 Å². The van der Waals surface area contributed by atoms with Gasteiger partial charge in [0.15, 0.2) is 0 Å². The minimum absolute atomic E-state index is 0.160. The summed E-state index contributed by atoms with van der Waals surface area (Å²) in [5.41, 5.74) is 5.83. The Morgan fingerprint density at radius 3 is 2.35 bits per heavy atom. The molecule has 0 aliphatic rings. The lowest BCUT2D eigenvalue weighted by Crippen LogP contribution is -2.01. The summed E-state index contributed by atoms with van der Waals surface area (Å²) in [6.45, 7) is 0. The van der Waals surface area contributed by atoms with Crippen molar-refractivity contribution in [3.8, 4) is 0 Å². The predicted octanol–water partition coefficient (Wildman–Crippen LogP) is 8.30. The molecular weight excluding hydrogens is 418 g/mol. The maximum absolute atomic E-state index is 6.16. The van der Waals surface area contributed by atoms with E-state index >= 15 is 0 Å². The van der Waals surface area contributed by atoms with Gasteiger partial charge in [-0.2, -0.15) is 0 Å². The maximum atomic E-state index is 6.16. The Morgan fingerprint density at radius 1 is 0.774 bits per heavy atom. The largest absolute Gasteiger partial charge is 0.256 e. The first-order valence-electron chi connectivity index (χ1n) is 10.2. The van der Waals surface area contributed by atoms with Gasteiger partial charge >= 0.3 is 0 Å². The number of benzene rings is 3. The first-order valence-corrected chi connectivity index (χ1v) is 11.4. The maximum Gasteiger partial charge on any atom is 0.0708 e. The van der Waals surface area contributed by atoms with Gasteiger partial charge in [-0.1, -0.05) is 78.4 Å². The Labute approximate surface area is 191 Å². The van der Waals surface area contributed by atoms with Crippen LogP contribution in [0, 0.1) is 0 Å². The molecule has 2 aromatic heterocycles. The van der Waals surface area contributed by atoms with Gasteiger partial charge in [-0.25, -0.2) is 0 Å². The molecule has 3 heteroatoms. The van der Waals surface area contributed by atoms with Crippen molar-refractivity contribution in [2.45, 2.75) is 5.92 Å². The lowest BCUT2D eigenvalue weighted by molar-refractivity contribution is 1.01. The van der Waals surface area contributed by atoms with Crippen LogP contribution in [-0.2, 0) is 0 Å². The molecule has 0 aliphatic heterocycles. The van der Waals surface area contributed by atoms with Crippen molar-refractivity contribution >= 4 is 46.0 Å². The number of aromatic nitrogens is 1. The van der Waals surface area contributed by atoms with Crippen molar-refractivity contribution in [1.82, 2.24) is 4.98 Å². The van der Waals surface area contributed by atoms with Crippen LogP contribution in [0.1, 0.15) is 33.0 Å². The van der Waals surface area contributed by atoms with E-state index in [4.69, 9.17) is 11.6 Å². The lowest BCUT2D eigenvalue weighted by Gasteiger charge is -2.18. The Kier molecular flexibility index (Phi) is 5.66. The van der Waals surface area contributed by atoms with Gasteiger partial charge < -0.3 is 0 Å². The van der Waals surface area contributed by atoms with Crippen molar-refractivity contribution in [2.24, 2.45) is 0 Å². The molecule has 2 heterocycles. The molecule has 5 aromatic rings. The van der Waals surface area contributed by atoms with Gasteiger partial charge in [-0.05, 0) is 64.0 Å². The van der Waals surface area contributed by atoms with E-state index in [1.165, 1.54) is 21.6 Å². The molecule has 3 aromatic carbocycles. The number of hydrogen-bond acceptors (Lipinski definition) is 2. The third-order valence-corrected chi connectivity index (χ3v) is 6.61. The highest BCUT2D eigenvalue weighted by Crippen LogP contribution is 2.36. The molecule has 1 atom stereocenters. The van der Waals surface area contributed by atoms with E-state index in [1.54, 1.807) is 11.3 Å². The summed E-state index contributed by atoms with van der Waals surface area (Å²) in [4.78, 5) is 5.91. The van der Waals surface area contributed by atoms with Crippen LogP contribution < -0.4 is 0 Å². The number of thiophene rings is 1. The van der Waals surface area contributed by atoms with E-state index in [1.807, 2.05) is 24.4 Å². The zero-order valence-electron chi connectivity index (χ0n) is 16.8. The number of hydrogen-bond donors (Lipinski definition) is 0. The van der Waals surface area contributed by atoms with Crippen LogP contribution in [0.25, 0.3) is 23.1 Å². The molecule has 0 bridgehead atoms. The molecule has 150 valence electrons. The fraction of sp³-hybridized carbons (Fsp3) is 0.0357. The van der Waals surface area contributed by atoms with Crippen LogP contribution in [0.4, 0.5) is 0 Å². The molecule has 0 saturated carbocycles. The molecule has 0 fully saturated rings. The lowest BCUT2D eigenvalue weighted by atomic mass is 9.88. The Morgan fingerprint density at radius 2 is 1.58 bits per heavy atom. The van der Waals surface area contributed by atoms with Crippen molar-refractivity contribution in [2.75, 3.05) is 0 Å². The number of rotatable bonds is 5. The number of halogens is 1. The van der Waals surface area contributed by atoms with Gasteiger partial charge in [0, 0.05) is 27.4 Å². The average molecular weight is 438 g/mol. The highest BCUT2D eigenvalue weighted by atomic mass is 35.5. The van der Waals surface area contributed by atoms with Gasteiger partial charge in [-0.15, -0.1) is 11.3 Å². The molecule has 1 nitrogen and oxygen atoms in total. The summed E-state index contributed by atoms with van der Waals surface area (Å²) >= 11 is 7.94. The van der Waals surface area contributed by atoms with E-state index < -0.39 is 0 Å². The Bertz CT molecular complexity index is 1320. The minimum Gasteiger partial charge on any atom is -0.256 e. The van der Waals surface area contributed by atoms with Gasteiger partial charge in [0.25, 0.3) is 0 Å². The molecule has 5 rings (SSSR count). The van der Waals surface area contributed by atoms with Crippen LogP contribution in [0.3, 0.4) is 0 Å². The zero-order valence-corrected chi connectivity index (χ0v) is 18.4. The van der Waals surface area contributed by atoms with Gasteiger partial charge in [0.1, 0.15) is 0 Å². The first kappa shape index (κ1) is 19.7. The van der Waals surface area contributed by atoms with Crippen molar-refractivity contribution in [1.29, 1.82) is 0 Å². The van der Waals surface area contributed by atoms with E-state index in [0.29, 0.717) is 0 Å². The van der Waals surface area contributed by atoms with Crippen molar-refractivity contribution in [3.05, 3.63) is 135 Å². The zero-order chi connectivity index (χ0) is 21.0. The second-order valence-electron chi connectivity index (χ2n) is 7.42. The molecule has 0 N–H and O–H groups in total. The van der Waals surface area contributed by atoms with Gasteiger partial charge in [0.05, 0.1) is 5.52 Å². The standard InChI is InChI=1S/C28H20ClNS/c29-24-13-10-22(11-14-24)28(27-7-4-18-31-27)23-12-15-26-25(19-23)21(16-17-30-26)9-8-20-5-2-1-3-6-20/h1-19,28H/b9-8+. The smallest absolute Gasteiger partial charge is 0.0708 e. The molecule has 1 unspecified atom stereocenters. The topological polar surface area (TPSA) is 12.9 Å². The summed E-state index contributed by atoms with van der Waals surface area (Å²) in [6, 6.07) is 31.5. The van der Waals surface area contributed by atoms with Crippen LogP contribution in [-0.4, -0.2) is 4.98 Å². The molecule has 0 amide bonds. The number of fused-ring (bicyclic) bond motifs is 1. The number of pyridine rings is 1. The number of nitrogens with zero attached hydrogens (tertiary/aromatic N) is 1. The Hall–Kier alpha value is -3.20. The molecule has 0 spiro atoms. The summed E-state index contributed by atoms with van der Waals surface area (Å²) in [6.07, 6.45) is 6.20. The van der Waals surface area contributed by atoms with Crippen LogP contribution >= 0.6 is 22.9 Å². The fourth-order valence-electron chi connectivity index (χ4n) is 3.89. The molecule has 0 radical (unpaired) electrons. The monoisotopic (exact) mass is 437 g/mol. The van der Waals surface area contributed by atoms with E-state index in [0.717, 1.165) is 21.5 Å². The average Bonchev–Trinajstić information content (AvgIpc) is 3.34. The van der Waals surface area contributed by atoms with Gasteiger partial charge in [0.2, 0.25) is 0 Å². The quantitative estimate of drug-likeness (QED) is 0.269. The van der Waals surface area contributed by atoms with Crippen LogP contribution in [0.15, 0.2) is 103 Å². The summed E-state index contributed by atoms with van der Waals surface area (Å²) in [7, 11) is 0. The van der Waals surface area contributed by atoms with Crippen LogP contribution in [0.5, 0.6) is 0 Å². The second kappa shape index (κ2) is 8.89. The third kappa shape index (κ3) is 4.32. The van der Waals surface area contributed by atoms with Crippen LogP contribution in [0.2, 0.25) is 5.02 Å². The minimum atomic E-state index is 0.160.